The van der Waals surface area contributed by atoms with Crippen LogP contribution in [0.15, 0.2) is 17.3 Å². The summed E-state index contributed by atoms with van der Waals surface area (Å²) in [6, 6.07) is 0.0860. The summed E-state index contributed by atoms with van der Waals surface area (Å²) in [5.41, 5.74) is 5.36. The van der Waals surface area contributed by atoms with E-state index in [0.29, 0.717) is 19.0 Å². The highest BCUT2D eigenvalue weighted by Crippen LogP contribution is 2.30. The largest absolute Gasteiger partial charge is 0.329 e. The molecule has 7 heteroatoms. The van der Waals surface area contributed by atoms with Crippen molar-refractivity contribution in [3.8, 4) is 0 Å². The van der Waals surface area contributed by atoms with Crippen LogP contribution in [0.1, 0.15) is 13.3 Å². The SMILES string of the molecule is CC1CC1NS(=O)(=O)c1cnn(CCN)c1. The first kappa shape index (κ1) is 11.6. The van der Waals surface area contributed by atoms with Crippen molar-refractivity contribution in [2.45, 2.75) is 30.8 Å². The van der Waals surface area contributed by atoms with Crippen LogP contribution in [0.3, 0.4) is 0 Å². The predicted octanol–water partition coefficient (Wildman–Crippen LogP) is -0.471. The van der Waals surface area contributed by atoms with Gasteiger partial charge in [0, 0.05) is 18.8 Å². The van der Waals surface area contributed by atoms with E-state index in [1.807, 2.05) is 6.92 Å². The fourth-order valence-electron chi connectivity index (χ4n) is 1.49. The fraction of sp³-hybridized carbons (Fsp3) is 0.667. The van der Waals surface area contributed by atoms with Gasteiger partial charge in [0.1, 0.15) is 4.90 Å². The molecule has 0 bridgehead atoms. The number of hydrogen-bond acceptors (Lipinski definition) is 4. The smallest absolute Gasteiger partial charge is 0.243 e. The van der Waals surface area contributed by atoms with Crippen LogP contribution in [0, 0.1) is 5.92 Å². The van der Waals surface area contributed by atoms with Crippen molar-refractivity contribution in [3.05, 3.63) is 12.4 Å². The zero-order chi connectivity index (χ0) is 11.8. The minimum Gasteiger partial charge on any atom is -0.329 e. The second-order valence-corrected chi connectivity index (χ2v) is 5.88. The van der Waals surface area contributed by atoms with Gasteiger partial charge in [-0.15, -0.1) is 0 Å². The van der Waals surface area contributed by atoms with E-state index in [4.69, 9.17) is 5.73 Å². The van der Waals surface area contributed by atoms with Gasteiger partial charge in [-0.3, -0.25) is 4.68 Å². The Morgan fingerprint density at radius 3 is 2.94 bits per heavy atom. The van der Waals surface area contributed by atoms with E-state index in [2.05, 4.69) is 9.82 Å². The van der Waals surface area contributed by atoms with Gasteiger partial charge in [-0.1, -0.05) is 6.92 Å². The molecule has 0 aliphatic heterocycles. The summed E-state index contributed by atoms with van der Waals surface area (Å²) in [7, 11) is -3.40. The van der Waals surface area contributed by atoms with Crippen LogP contribution in [-0.2, 0) is 16.6 Å². The molecule has 0 spiro atoms. The highest BCUT2D eigenvalue weighted by atomic mass is 32.2. The van der Waals surface area contributed by atoms with Crippen molar-refractivity contribution in [3.63, 3.8) is 0 Å². The number of nitrogens with two attached hydrogens (primary N) is 1. The molecule has 1 aliphatic rings. The van der Waals surface area contributed by atoms with Gasteiger partial charge in [-0.2, -0.15) is 5.10 Å². The zero-order valence-corrected chi connectivity index (χ0v) is 9.94. The standard InChI is InChI=1S/C9H16N4O2S/c1-7-4-9(7)12-16(14,15)8-5-11-13(6-8)3-2-10/h5-7,9,12H,2-4,10H2,1H3. The second kappa shape index (κ2) is 4.15. The van der Waals surface area contributed by atoms with Crippen LogP contribution >= 0.6 is 0 Å². The number of nitrogens with zero attached hydrogens (tertiary/aromatic N) is 2. The van der Waals surface area contributed by atoms with Gasteiger partial charge in [-0.05, 0) is 12.3 Å². The molecule has 1 fully saturated rings. The van der Waals surface area contributed by atoms with Gasteiger partial charge < -0.3 is 5.73 Å². The summed E-state index contributed by atoms with van der Waals surface area (Å²) < 4.78 is 27.9. The lowest BCUT2D eigenvalue weighted by Gasteiger charge is -2.02. The Balaban J connectivity index is 2.09. The summed E-state index contributed by atoms with van der Waals surface area (Å²) in [5.74, 6) is 0.439. The number of rotatable bonds is 5. The first-order valence-electron chi connectivity index (χ1n) is 5.28. The summed E-state index contributed by atoms with van der Waals surface area (Å²) in [4.78, 5) is 0.208. The average molecular weight is 244 g/mol. The van der Waals surface area contributed by atoms with Crippen LogP contribution < -0.4 is 10.5 Å². The maximum atomic E-state index is 11.9. The lowest BCUT2D eigenvalue weighted by atomic mass is 10.5. The minimum atomic E-state index is -3.40. The van der Waals surface area contributed by atoms with Crippen molar-refractivity contribution in [2.24, 2.45) is 11.7 Å². The van der Waals surface area contributed by atoms with Crippen LogP contribution in [0.2, 0.25) is 0 Å². The average Bonchev–Trinajstić information content (AvgIpc) is 2.71. The molecule has 3 N–H and O–H groups in total. The lowest BCUT2D eigenvalue weighted by molar-refractivity contribution is 0.577. The maximum Gasteiger partial charge on any atom is 0.243 e. The van der Waals surface area contributed by atoms with Crippen LogP contribution in [0.25, 0.3) is 0 Å². The highest BCUT2D eigenvalue weighted by molar-refractivity contribution is 7.89. The molecule has 0 saturated heterocycles. The topological polar surface area (TPSA) is 90.0 Å². The van der Waals surface area contributed by atoms with E-state index in [1.54, 1.807) is 0 Å². The van der Waals surface area contributed by atoms with E-state index >= 15 is 0 Å². The van der Waals surface area contributed by atoms with Crippen LogP contribution in [0.4, 0.5) is 0 Å². The van der Waals surface area contributed by atoms with E-state index in [9.17, 15) is 8.42 Å². The number of sulfonamides is 1. The molecule has 0 amide bonds. The lowest BCUT2D eigenvalue weighted by Crippen LogP contribution is -2.26. The Morgan fingerprint density at radius 1 is 1.69 bits per heavy atom. The van der Waals surface area contributed by atoms with Gasteiger partial charge in [0.05, 0.1) is 12.7 Å². The molecule has 1 aliphatic carbocycles. The molecule has 1 aromatic heterocycles. The predicted molar refractivity (Wildman–Crippen MR) is 59.2 cm³/mol. The normalized spacial score (nSPS) is 24.6. The molecule has 2 atom stereocenters. The molecule has 90 valence electrons. The molecule has 1 aromatic rings. The van der Waals surface area contributed by atoms with Crippen LogP contribution in [-0.4, -0.2) is 30.8 Å². The van der Waals surface area contributed by atoms with Crippen LogP contribution in [0.5, 0.6) is 0 Å². The Bertz CT molecular complexity index is 468. The van der Waals surface area contributed by atoms with Crippen molar-refractivity contribution in [1.29, 1.82) is 0 Å². The number of hydrogen-bond donors (Lipinski definition) is 2. The van der Waals surface area contributed by atoms with Crippen molar-refractivity contribution in [1.82, 2.24) is 14.5 Å². The second-order valence-electron chi connectivity index (χ2n) is 4.17. The molecule has 6 nitrogen and oxygen atoms in total. The zero-order valence-electron chi connectivity index (χ0n) is 9.13. The molecule has 16 heavy (non-hydrogen) atoms. The fourth-order valence-corrected chi connectivity index (χ4v) is 2.80. The van der Waals surface area contributed by atoms with Crippen molar-refractivity contribution in [2.75, 3.05) is 6.54 Å². The Kier molecular flexibility index (Phi) is 3.00. The van der Waals surface area contributed by atoms with Gasteiger partial charge in [0.25, 0.3) is 0 Å². The molecule has 0 aromatic carbocycles. The molecule has 1 heterocycles. The summed E-state index contributed by atoms with van der Waals surface area (Å²) in [6.45, 7) is 2.98. The third-order valence-electron chi connectivity index (χ3n) is 2.69. The molecule has 2 unspecified atom stereocenters. The first-order valence-corrected chi connectivity index (χ1v) is 6.76. The van der Waals surface area contributed by atoms with Gasteiger partial charge >= 0.3 is 0 Å². The van der Waals surface area contributed by atoms with E-state index in [-0.39, 0.29) is 10.9 Å². The molecule has 0 radical (unpaired) electrons. The minimum absolute atomic E-state index is 0.0860. The van der Waals surface area contributed by atoms with E-state index in [1.165, 1.54) is 17.1 Å². The summed E-state index contributed by atoms with van der Waals surface area (Å²) >= 11 is 0. The molecular formula is C9H16N4O2S. The third-order valence-corrected chi connectivity index (χ3v) is 4.14. The number of nitrogens with one attached hydrogen (secondary N) is 1. The summed E-state index contributed by atoms with van der Waals surface area (Å²) in [5, 5.41) is 3.94. The maximum absolute atomic E-state index is 11.9. The molecule has 1 saturated carbocycles. The Morgan fingerprint density at radius 2 is 2.38 bits per heavy atom. The summed E-state index contributed by atoms with van der Waals surface area (Å²) in [6.07, 6.45) is 3.77. The van der Waals surface area contributed by atoms with Crippen molar-refractivity contribution < 1.29 is 8.42 Å². The van der Waals surface area contributed by atoms with Gasteiger partial charge in [0.15, 0.2) is 0 Å². The van der Waals surface area contributed by atoms with Crippen molar-refractivity contribution >= 4 is 10.0 Å². The monoisotopic (exact) mass is 244 g/mol. The highest BCUT2D eigenvalue weighted by Gasteiger charge is 2.36. The number of aromatic nitrogens is 2. The van der Waals surface area contributed by atoms with Gasteiger partial charge in [-0.25, -0.2) is 13.1 Å². The van der Waals surface area contributed by atoms with E-state index in [0.717, 1.165) is 6.42 Å². The Labute approximate surface area is 94.9 Å². The molecule has 2 rings (SSSR count). The molecular weight excluding hydrogens is 228 g/mol. The third kappa shape index (κ3) is 2.42. The Hall–Kier alpha value is -0.920. The first-order chi connectivity index (χ1) is 7.53. The van der Waals surface area contributed by atoms with E-state index < -0.39 is 10.0 Å². The quantitative estimate of drug-likeness (QED) is 0.732. The van der Waals surface area contributed by atoms with Gasteiger partial charge in [0.2, 0.25) is 10.0 Å².